The van der Waals surface area contributed by atoms with Crippen molar-refractivity contribution in [3.8, 4) is 0 Å². The van der Waals surface area contributed by atoms with Gasteiger partial charge in [-0.25, -0.2) is 9.13 Å². The number of carbonyl (C=O) groups excluding carboxylic acids is 4. The maximum absolute atomic E-state index is 13.1. The summed E-state index contributed by atoms with van der Waals surface area (Å²) >= 11 is 0. The van der Waals surface area contributed by atoms with E-state index in [0.29, 0.717) is 25.7 Å². The van der Waals surface area contributed by atoms with E-state index in [9.17, 15) is 43.2 Å². The Kier molecular flexibility index (Phi) is 65.0. The van der Waals surface area contributed by atoms with Crippen molar-refractivity contribution in [2.75, 3.05) is 39.6 Å². The Labute approximate surface area is 588 Å². The molecule has 570 valence electrons. The van der Waals surface area contributed by atoms with Crippen molar-refractivity contribution >= 4 is 39.5 Å². The molecule has 0 aromatic heterocycles. The van der Waals surface area contributed by atoms with Crippen LogP contribution in [0.1, 0.15) is 389 Å². The summed E-state index contributed by atoms with van der Waals surface area (Å²) < 4.78 is 68.6. The first-order valence-electron chi connectivity index (χ1n) is 39.8. The second kappa shape index (κ2) is 66.3. The molecule has 0 aliphatic rings. The highest BCUT2D eigenvalue weighted by Gasteiger charge is 2.30. The van der Waals surface area contributed by atoms with Crippen LogP contribution in [0.15, 0.2) is 0 Å². The second-order valence-corrected chi connectivity index (χ2v) is 32.1. The summed E-state index contributed by atoms with van der Waals surface area (Å²) in [6.07, 6.45) is 51.3. The predicted molar refractivity (Wildman–Crippen MR) is 391 cm³/mol. The average molecular weight is 1410 g/mol. The molecule has 4 unspecified atom stereocenters. The van der Waals surface area contributed by atoms with Crippen molar-refractivity contribution in [3.63, 3.8) is 0 Å². The summed E-state index contributed by atoms with van der Waals surface area (Å²) in [5, 5.41) is 10.6. The minimum atomic E-state index is -4.96. The topological polar surface area (TPSA) is 237 Å². The van der Waals surface area contributed by atoms with Gasteiger partial charge in [0.05, 0.1) is 26.4 Å². The first kappa shape index (κ1) is 94.1. The Morgan fingerprint density at radius 2 is 0.500 bits per heavy atom. The van der Waals surface area contributed by atoms with Crippen molar-refractivity contribution in [2.24, 2.45) is 23.7 Å². The van der Waals surface area contributed by atoms with Crippen LogP contribution in [0.25, 0.3) is 0 Å². The van der Waals surface area contributed by atoms with E-state index in [1.165, 1.54) is 186 Å². The SMILES string of the molecule is CCC(C)CCCCCCCCCCC(=O)O[C@H](COC(=O)CCCCCCCCCCCCCCC(C)C)COP(=O)(O)OC[C@@H](O)COP(=O)(O)OC[C@@H](COC(=O)CCCCCCCCC(C)CC)OC(=O)CCCCCCCCCCCCCCCCCCC(C)C. The lowest BCUT2D eigenvalue weighted by Crippen LogP contribution is -2.30. The van der Waals surface area contributed by atoms with Gasteiger partial charge < -0.3 is 33.8 Å². The summed E-state index contributed by atoms with van der Waals surface area (Å²) in [7, 11) is -9.92. The lowest BCUT2D eigenvalue weighted by molar-refractivity contribution is -0.161. The van der Waals surface area contributed by atoms with E-state index in [1.54, 1.807) is 0 Å². The van der Waals surface area contributed by atoms with E-state index < -0.39 is 97.5 Å². The summed E-state index contributed by atoms with van der Waals surface area (Å²) in [6, 6.07) is 0. The van der Waals surface area contributed by atoms with Crippen molar-refractivity contribution < 1.29 is 80.2 Å². The number of phosphoric ester groups is 2. The van der Waals surface area contributed by atoms with Crippen LogP contribution >= 0.6 is 15.6 Å². The lowest BCUT2D eigenvalue weighted by Gasteiger charge is -2.21. The molecule has 0 fully saturated rings. The van der Waals surface area contributed by atoms with E-state index in [0.717, 1.165) is 120 Å². The quantitative estimate of drug-likeness (QED) is 0.0222. The molecule has 0 aliphatic heterocycles. The normalized spacial score (nSPS) is 14.7. The van der Waals surface area contributed by atoms with Gasteiger partial charge in [-0.15, -0.1) is 0 Å². The molecule has 0 aromatic rings. The maximum Gasteiger partial charge on any atom is 0.472 e. The number of carbonyl (C=O) groups is 4. The van der Waals surface area contributed by atoms with Crippen LogP contribution < -0.4 is 0 Å². The van der Waals surface area contributed by atoms with Gasteiger partial charge in [-0.3, -0.25) is 37.3 Å². The van der Waals surface area contributed by atoms with Crippen LogP contribution in [0.2, 0.25) is 0 Å². The second-order valence-electron chi connectivity index (χ2n) is 29.2. The van der Waals surface area contributed by atoms with Gasteiger partial charge in [0.2, 0.25) is 0 Å². The first-order valence-corrected chi connectivity index (χ1v) is 42.8. The Bertz CT molecular complexity index is 1890. The fraction of sp³-hybridized carbons (Fsp3) is 0.948. The largest absolute Gasteiger partial charge is 0.472 e. The smallest absolute Gasteiger partial charge is 0.462 e. The highest BCUT2D eigenvalue weighted by Crippen LogP contribution is 2.45. The third-order valence-corrected chi connectivity index (χ3v) is 20.4. The summed E-state index contributed by atoms with van der Waals surface area (Å²) in [5.41, 5.74) is 0. The number of ether oxygens (including phenoxy) is 4. The van der Waals surface area contributed by atoms with E-state index in [-0.39, 0.29) is 25.7 Å². The summed E-state index contributed by atoms with van der Waals surface area (Å²) in [4.78, 5) is 72.8. The molecule has 0 saturated carbocycles. The van der Waals surface area contributed by atoms with Gasteiger partial charge in [-0.2, -0.15) is 0 Å². The average Bonchev–Trinajstić information content (AvgIpc) is 1.16. The van der Waals surface area contributed by atoms with E-state index in [2.05, 4.69) is 55.4 Å². The number of rotatable bonds is 74. The summed E-state index contributed by atoms with van der Waals surface area (Å²) in [5.74, 6) is 0.970. The lowest BCUT2D eigenvalue weighted by atomic mass is 9.99. The van der Waals surface area contributed by atoms with Gasteiger partial charge in [0.25, 0.3) is 0 Å². The molecule has 0 bridgehead atoms. The van der Waals surface area contributed by atoms with E-state index >= 15 is 0 Å². The molecule has 96 heavy (non-hydrogen) atoms. The standard InChI is InChI=1S/C77H150O17P2/c1-9-69(7)55-47-39-31-27-28-34-44-52-60-77(82)94-72(63-87-74(79)57-49-41-32-25-21-18-17-20-24-30-38-46-54-68(5)6)65-91-95(83,84)89-61-71(78)62-90-96(85,86)92-66-73(64-88-75(80)58-50-42-36-35-40-48-56-70(8)10-2)93-76(81)59-51-43-33-26-22-16-14-12-11-13-15-19-23-29-37-45-53-67(3)4/h67-73,78H,9-66H2,1-8H3,(H,83,84)(H,85,86)/t69?,70?,71-,72-,73-/m1/s1. The number of esters is 4. The number of aliphatic hydroxyl groups is 1. The molecule has 3 N–H and O–H groups in total. The molecule has 0 rings (SSSR count). The highest BCUT2D eigenvalue weighted by molar-refractivity contribution is 7.47. The maximum atomic E-state index is 13.1. The molecule has 0 amide bonds. The van der Waals surface area contributed by atoms with E-state index in [4.69, 9.17) is 37.0 Å². The Hall–Kier alpha value is -1.94. The number of aliphatic hydroxyl groups excluding tert-OH is 1. The first-order chi connectivity index (χ1) is 46.2. The number of unbranched alkanes of at least 4 members (excludes halogenated alkanes) is 38. The van der Waals surface area contributed by atoms with Gasteiger partial charge in [-0.1, -0.05) is 338 Å². The van der Waals surface area contributed by atoms with Crippen molar-refractivity contribution in [1.82, 2.24) is 0 Å². The van der Waals surface area contributed by atoms with Crippen LogP contribution in [-0.2, 0) is 65.4 Å². The molecular weight excluding hydrogens is 1260 g/mol. The molecule has 7 atom stereocenters. The number of phosphoric acid groups is 2. The van der Waals surface area contributed by atoms with Crippen LogP contribution in [0.4, 0.5) is 0 Å². The number of hydrogen-bond donors (Lipinski definition) is 3. The fourth-order valence-electron chi connectivity index (χ4n) is 11.7. The zero-order valence-electron chi connectivity index (χ0n) is 63.0. The molecule has 0 aliphatic carbocycles. The Balaban J connectivity index is 5.22. The summed E-state index contributed by atoms with van der Waals surface area (Å²) in [6.45, 7) is 14.2. The molecule has 17 nitrogen and oxygen atoms in total. The van der Waals surface area contributed by atoms with Crippen molar-refractivity contribution in [2.45, 2.75) is 408 Å². The van der Waals surface area contributed by atoms with Crippen LogP contribution in [0.5, 0.6) is 0 Å². The van der Waals surface area contributed by atoms with Crippen molar-refractivity contribution in [3.05, 3.63) is 0 Å². The molecule has 0 radical (unpaired) electrons. The van der Waals surface area contributed by atoms with Gasteiger partial charge in [-0.05, 0) is 49.4 Å². The van der Waals surface area contributed by atoms with Crippen LogP contribution in [0, 0.1) is 23.7 Å². The molecule has 19 heteroatoms. The van der Waals surface area contributed by atoms with Crippen molar-refractivity contribution in [1.29, 1.82) is 0 Å². The van der Waals surface area contributed by atoms with Gasteiger partial charge >= 0.3 is 39.5 Å². The molecule has 0 heterocycles. The number of hydrogen-bond acceptors (Lipinski definition) is 15. The third kappa shape index (κ3) is 67.9. The van der Waals surface area contributed by atoms with Gasteiger partial charge in [0.1, 0.15) is 19.3 Å². The van der Waals surface area contributed by atoms with Gasteiger partial charge in [0.15, 0.2) is 12.2 Å². The minimum Gasteiger partial charge on any atom is -0.462 e. The fourth-order valence-corrected chi connectivity index (χ4v) is 13.2. The van der Waals surface area contributed by atoms with Crippen LogP contribution in [-0.4, -0.2) is 96.7 Å². The zero-order chi connectivity index (χ0) is 71.0. The molecular formula is C77H150O17P2. The molecule has 0 saturated heterocycles. The molecule has 0 spiro atoms. The monoisotopic (exact) mass is 1410 g/mol. The van der Waals surface area contributed by atoms with Gasteiger partial charge in [0, 0.05) is 25.7 Å². The predicted octanol–water partition coefficient (Wildman–Crippen LogP) is 22.4. The molecule has 0 aromatic carbocycles. The third-order valence-electron chi connectivity index (χ3n) is 18.5. The van der Waals surface area contributed by atoms with E-state index in [1.807, 2.05) is 0 Å². The Morgan fingerprint density at radius 3 is 0.740 bits per heavy atom. The zero-order valence-corrected chi connectivity index (χ0v) is 64.8. The van der Waals surface area contributed by atoms with Crippen LogP contribution in [0.3, 0.4) is 0 Å². The Morgan fingerprint density at radius 1 is 0.292 bits per heavy atom. The minimum absolute atomic E-state index is 0.105. The highest BCUT2D eigenvalue weighted by atomic mass is 31.2.